The Morgan fingerprint density at radius 2 is 1.79 bits per heavy atom. The highest BCUT2D eigenvalue weighted by atomic mass is 15.5. The van der Waals surface area contributed by atoms with Crippen LogP contribution in [-0.4, -0.2) is 33.0 Å². The van der Waals surface area contributed by atoms with Crippen LogP contribution in [0.2, 0.25) is 0 Å². The van der Waals surface area contributed by atoms with E-state index in [0.29, 0.717) is 0 Å². The lowest BCUT2D eigenvalue weighted by molar-refractivity contribution is 0.323. The van der Waals surface area contributed by atoms with Crippen molar-refractivity contribution in [2.24, 2.45) is 0 Å². The Bertz CT molecular complexity index is 520. The standard InChI is InChI=1S/C15H18N4/c1-3-10-18(11-4-2)13-14-12-16-19(17-14)15-8-6-5-7-9-15/h3-9,12H,1-2,10-11,13H2. The van der Waals surface area contributed by atoms with Gasteiger partial charge in [-0.05, 0) is 12.1 Å². The van der Waals surface area contributed by atoms with E-state index in [2.05, 4.69) is 28.3 Å². The van der Waals surface area contributed by atoms with E-state index in [1.807, 2.05) is 42.5 Å². The van der Waals surface area contributed by atoms with Crippen LogP contribution < -0.4 is 0 Å². The molecule has 98 valence electrons. The first-order chi connectivity index (χ1) is 9.33. The second-order valence-electron chi connectivity index (χ2n) is 4.23. The largest absolute Gasteiger partial charge is 0.290 e. The van der Waals surface area contributed by atoms with Crippen LogP contribution in [0.3, 0.4) is 0 Å². The van der Waals surface area contributed by atoms with E-state index in [9.17, 15) is 0 Å². The van der Waals surface area contributed by atoms with E-state index in [4.69, 9.17) is 0 Å². The summed E-state index contributed by atoms with van der Waals surface area (Å²) in [6.45, 7) is 9.88. The molecule has 1 aromatic carbocycles. The second-order valence-corrected chi connectivity index (χ2v) is 4.23. The van der Waals surface area contributed by atoms with E-state index >= 15 is 0 Å². The van der Waals surface area contributed by atoms with Gasteiger partial charge < -0.3 is 0 Å². The predicted molar refractivity (Wildman–Crippen MR) is 77.0 cm³/mol. The summed E-state index contributed by atoms with van der Waals surface area (Å²) in [5.41, 5.74) is 1.90. The van der Waals surface area contributed by atoms with Crippen molar-refractivity contribution in [3.63, 3.8) is 0 Å². The van der Waals surface area contributed by atoms with E-state index < -0.39 is 0 Å². The first-order valence-electron chi connectivity index (χ1n) is 6.24. The van der Waals surface area contributed by atoms with Crippen LogP contribution in [0.5, 0.6) is 0 Å². The van der Waals surface area contributed by atoms with Crippen molar-refractivity contribution in [1.29, 1.82) is 0 Å². The fourth-order valence-corrected chi connectivity index (χ4v) is 1.85. The van der Waals surface area contributed by atoms with Gasteiger partial charge in [0.25, 0.3) is 0 Å². The van der Waals surface area contributed by atoms with Crippen LogP contribution in [0.4, 0.5) is 0 Å². The van der Waals surface area contributed by atoms with Crippen molar-refractivity contribution < 1.29 is 0 Å². The molecule has 0 aliphatic heterocycles. The molecule has 4 nitrogen and oxygen atoms in total. The molecule has 1 heterocycles. The lowest BCUT2D eigenvalue weighted by atomic mass is 10.3. The van der Waals surface area contributed by atoms with Gasteiger partial charge in [0.05, 0.1) is 17.6 Å². The number of rotatable bonds is 7. The maximum Gasteiger partial charge on any atom is 0.0972 e. The van der Waals surface area contributed by atoms with E-state index in [0.717, 1.165) is 31.0 Å². The first kappa shape index (κ1) is 13.2. The van der Waals surface area contributed by atoms with E-state index in [1.165, 1.54) is 0 Å². The Kier molecular flexibility index (Phi) is 4.64. The summed E-state index contributed by atoms with van der Waals surface area (Å²) in [6.07, 6.45) is 5.56. The molecular formula is C15H18N4. The first-order valence-corrected chi connectivity index (χ1v) is 6.24. The molecule has 0 fully saturated rings. The Morgan fingerprint density at radius 1 is 1.11 bits per heavy atom. The maximum absolute atomic E-state index is 4.48. The third kappa shape index (κ3) is 3.63. The molecule has 0 radical (unpaired) electrons. The molecule has 0 N–H and O–H groups in total. The molecule has 2 aromatic rings. The molecule has 0 unspecified atom stereocenters. The zero-order valence-electron chi connectivity index (χ0n) is 10.9. The zero-order chi connectivity index (χ0) is 13.5. The molecular weight excluding hydrogens is 236 g/mol. The van der Waals surface area contributed by atoms with E-state index in [1.54, 1.807) is 11.0 Å². The number of para-hydroxylation sites is 1. The minimum Gasteiger partial charge on any atom is -0.290 e. The SMILES string of the molecule is C=CCN(CC=C)Cc1cnn(-c2ccccc2)n1. The molecule has 0 amide bonds. The van der Waals surface area contributed by atoms with Gasteiger partial charge in [-0.1, -0.05) is 30.4 Å². The van der Waals surface area contributed by atoms with Crippen LogP contribution in [0.1, 0.15) is 5.69 Å². The van der Waals surface area contributed by atoms with Gasteiger partial charge in [0.2, 0.25) is 0 Å². The van der Waals surface area contributed by atoms with Crippen molar-refractivity contribution in [2.45, 2.75) is 6.54 Å². The van der Waals surface area contributed by atoms with Crippen molar-refractivity contribution >= 4 is 0 Å². The number of nitrogens with zero attached hydrogens (tertiary/aromatic N) is 4. The topological polar surface area (TPSA) is 34.0 Å². The average Bonchev–Trinajstić information content (AvgIpc) is 2.89. The van der Waals surface area contributed by atoms with Gasteiger partial charge in [-0.3, -0.25) is 4.90 Å². The monoisotopic (exact) mass is 254 g/mol. The summed E-state index contributed by atoms with van der Waals surface area (Å²) in [7, 11) is 0. The summed E-state index contributed by atoms with van der Waals surface area (Å²) in [6, 6.07) is 9.88. The Hall–Kier alpha value is -2.20. The van der Waals surface area contributed by atoms with Gasteiger partial charge in [0.1, 0.15) is 0 Å². The molecule has 2 rings (SSSR count). The number of aromatic nitrogens is 3. The third-order valence-electron chi connectivity index (χ3n) is 2.69. The Morgan fingerprint density at radius 3 is 2.42 bits per heavy atom. The second kappa shape index (κ2) is 6.66. The Labute approximate surface area is 113 Å². The molecule has 0 saturated carbocycles. The van der Waals surface area contributed by atoms with Crippen LogP contribution in [0.15, 0.2) is 61.8 Å². The third-order valence-corrected chi connectivity index (χ3v) is 2.69. The lowest BCUT2D eigenvalue weighted by Gasteiger charge is -2.16. The van der Waals surface area contributed by atoms with Crippen molar-refractivity contribution in [3.8, 4) is 5.69 Å². The van der Waals surface area contributed by atoms with Crippen molar-refractivity contribution in [3.05, 3.63) is 67.5 Å². The zero-order valence-corrected chi connectivity index (χ0v) is 10.9. The predicted octanol–water partition coefficient (Wildman–Crippen LogP) is 2.44. The van der Waals surface area contributed by atoms with Crippen LogP contribution in [-0.2, 0) is 6.54 Å². The average molecular weight is 254 g/mol. The molecule has 19 heavy (non-hydrogen) atoms. The summed E-state index contributed by atoms with van der Waals surface area (Å²) >= 11 is 0. The summed E-state index contributed by atoms with van der Waals surface area (Å²) in [5, 5.41) is 8.77. The summed E-state index contributed by atoms with van der Waals surface area (Å²) < 4.78 is 0. The fourth-order valence-electron chi connectivity index (χ4n) is 1.85. The molecule has 0 aliphatic carbocycles. The lowest BCUT2D eigenvalue weighted by Crippen LogP contribution is -2.23. The fraction of sp³-hybridized carbons (Fsp3) is 0.200. The smallest absolute Gasteiger partial charge is 0.0972 e. The molecule has 0 atom stereocenters. The minimum atomic E-state index is 0.741. The quantitative estimate of drug-likeness (QED) is 0.712. The molecule has 1 aromatic heterocycles. The van der Waals surface area contributed by atoms with Crippen molar-refractivity contribution in [1.82, 2.24) is 19.9 Å². The summed E-state index contributed by atoms with van der Waals surface area (Å²) in [5.74, 6) is 0. The van der Waals surface area contributed by atoms with Crippen molar-refractivity contribution in [2.75, 3.05) is 13.1 Å². The summed E-state index contributed by atoms with van der Waals surface area (Å²) in [4.78, 5) is 3.84. The molecule has 0 aliphatic rings. The van der Waals surface area contributed by atoms with Crippen LogP contribution >= 0.6 is 0 Å². The van der Waals surface area contributed by atoms with Gasteiger partial charge in [-0.2, -0.15) is 15.0 Å². The van der Waals surface area contributed by atoms with Crippen LogP contribution in [0.25, 0.3) is 5.69 Å². The number of benzene rings is 1. The van der Waals surface area contributed by atoms with Gasteiger partial charge in [-0.15, -0.1) is 13.2 Å². The van der Waals surface area contributed by atoms with Crippen LogP contribution in [0, 0.1) is 0 Å². The highest BCUT2D eigenvalue weighted by Crippen LogP contribution is 2.06. The normalized spacial score (nSPS) is 10.6. The van der Waals surface area contributed by atoms with Gasteiger partial charge in [0, 0.05) is 19.6 Å². The minimum absolute atomic E-state index is 0.741. The van der Waals surface area contributed by atoms with Gasteiger partial charge in [-0.25, -0.2) is 0 Å². The Balaban J connectivity index is 2.08. The molecule has 0 bridgehead atoms. The number of hydrogen-bond acceptors (Lipinski definition) is 3. The maximum atomic E-state index is 4.48. The highest BCUT2D eigenvalue weighted by Gasteiger charge is 2.07. The number of hydrogen-bond donors (Lipinski definition) is 0. The molecule has 0 spiro atoms. The molecule has 0 saturated heterocycles. The van der Waals surface area contributed by atoms with Gasteiger partial charge >= 0.3 is 0 Å². The van der Waals surface area contributed by atoms with E-state index in [-0.39, 0.29) is 0 Å². The van der Waals surface area contributed by atoms with Gasteiger partial charge in [0.15, 0.2) is 0 Å². The highest BCUT2D eigenvalue weighted by molar-refractivity contribution is 5.28. The molecule has 4 heteroatoms.